The minimum atomic E-state index is -0.00517. The zero-order chi connectivity index (χ0) is 12.6. The molecule has 0 amide bonds. The topological polar surface area (TPSA) is 39.0 Å². The van der Waals surface area contributed by atoms with Gasteiger partial charge >= 0.3 is 0 Å². The number of hydrogen-bond donors (Lipinski definition) is 0. The van der Waals surface area contributed by atoms with E-state index in [1.54, 1.807) is 6.20 Å². The van der Waals surface area contributed by atoms with Crippen LogP contribution in [0.1, 0.15) is 26.3 Å². The maximum Gasteiger partial charge on any atom is 0.242 e. The summed E-state index contributed by atoms with van der Waals surface area (Å²) in [5.74, 6) is 0. The monoisotopic (exact) mass is 228 g/mol. The summed E-state index contributed by atoms with van der Waals surface area (Å²) in [5.41, 5.74) is 2.32. The van der Waals surface area contributed by atoms with Crippen LogP contribution in [0.5, 0.6) is 0 Å². The lowest BCUT2D eigenvalue weighted by Gasteiger charge is -2.20. The standard InChI is InChI=1S/C14H16N2O/c1-14(2,3)11-8-10-6-5-7-15-13(10)12(9-11)16(4)17/h5-9H,4H2,1-3H3. The molecule has 17 heavy (non-hydrogen) atoms. The molecule has 3 nitrogen and oxygen atoms in total. The summed E-state index contributed by atoms with van der Waals surface area (Å²) < 4.78 is 0.630. The van der Waals surface area contributed by atoms with Crippen molar-refractivity contribution in [2.75, 3.05) is 0 Å². The molecular formula is C14H16N2O. The van der Waals surface area contributed by atoms with E-state index >= 15 is 0 Å². The van der Waals surface area contributed by atoms with E-state index in [0.717, 1.165) is 10.9 Å². The summed E-state index contributed by atoms with van der Waals surface area (Å²) in [6.45, 7) is 9.77. The predicted octanol–water partition coefficient (Wildman–Crippen LogP) is 3.37. The third kappa shape index (κ3) is 2.13. The van der Waals surface area contributed by atoms with Crippen molar-refractivity contribution in [1.29, 1.82) is 0 Å². The van der Waals surface area contributed by atoms with Crippen molar-refractivity contribution in [2.45, 2.75) is 26.2 Å². The van der Waals surface area contributed by atoms with Crippen LogP contribution in [0.4, 0.5) is 5.69 Å². The summed E-state index contributed by atoms with van der Waals surface area (Å²) >= 11 is 0. The largest absolute Gasteiger partial charge is 0.619 e. The Kier molecular flexibility index (Phi) is 2.62. The summed E-state index contributed by atoms with van der Waals surface area (Å²) in [4.78, 5) is 4.24. The van der Waals surface area contributed by atoms with Gasteiger partial charge in [0.2, 0.25) is 5.69 Å². The predicted molar refractivity (Wildman–Crippen MR) is 70.9 cm³/mol. The zero-order valence-electron chi connectivity index (χ0n) is 10.4. The third-order valence-corrected chi connectivity index (χ3v) is 2.82. The molecule has 3 heteroatoms. The highest BCUT2D eigenvalue weighted by Crippen LogP contribution is 2.31. The van der Waals surface area contributed by atoms with Crippen LogP contribution in [-0.2, 0) is 5.41 Å². The van der Waals surface area contributed by atoms with E-state index in [1.807, 2.05) is 18.2 Å². The van der Waals surface area contributed by atoms with Gasteiger partial charge in [0.25, 0.3) is 0 Å². The Hall–Kier alpha value is -1.90. The molecule has 0 aliphatic carbocycles. The highest BCUT2D eigenvalue weighted by atomic mass is 16.5. The van der Waals surface area contributed by atoms with Crippen LogP contribution in [0.25, 0.3) is 10.9 Å². The number of hydrogen-bond acceptors (Lipinski definition) is 2. The molecule has 0 bridgehead atoms. The molecule has 0 atom stereocenters. The molecule has 1 aromatic heterocycles. The number of benzene rings is 1. The van der Waals surface area contributed by atoms with Gasteiger partial charge in [-0.05, 0) is 23.1 Å². The Balaban J connectivity index is 2.81. The van der Waals surface area contributed by atoms with Crippen molar-refractivity contribution >= 4 is 23.3 Å². The quantitative estimate of drug-likeness (QED) is 0.325. The van der Waals surface area contributed by atoms with Crippen molar-refractivity contribution in [1.82, 2.24) is 4.98 Å². The first-order valence-corrected chi connectivity index (χ1v) is 5.56. The van der Waals surface area contributed by atoms with Crippen LogP contribution in [0.2, 0.25) is 0 Å². The maximum absolute atomic E-state index is 11.5. The second kappa shape index (κ2) is 3.84. The first-order valence-electron chi connectivity index (χ1n) is 5.56. The molecule has 0 saturated heterocycles. The molecule has 0 N–H and O–H groups in total. The highest BCUT2D eigenvalue weighted by Gasteiger charge is 2.19. The summed E-state index contributed by atoms with van der Waals surface area (Å²) in [6.07, 6.45) is 1.69. The summed E-state index contributed by atoms with van der Waals surface area (Å²) in [5, 5.41) is 12.5. The lowest BCUT2D eigenvalue weighted by Crippen LogP contribution is -2.11. The molecule has 0 aliphatic heterocycles. The highest BCUT2D eigenvalue weighted by molar-refractivity contribution is 5.88. The van der Waals surface area contributed by atoms with Gasteiger partial charge in [-0.3, -0.25) is 0 Å². The number of nitrogens with zero attached hydrogens (tertiary/aromatic N) is 2. The number of rotatable bonds is 1. The van der Waals surface area contributed by atoms with Gasteiger partial charge in [-0.2, -0.15) is 4.74 Å². The molecule has 88 valence electrons. The lowest BCUT2D eigenvalue weighted by molar-refractivity contribution is -0.348. The van der Waals surface area contributed by atoms with E-state index in [2.05, 4.69) is 38.5 Å². The minimum Gasteiger partial charge on any atom is -0.619 e. The van der Waals surface area contributed by atoms with Crippen LogP contribution >= 0.6 is 0 Å². The van der Waals surface area contributed by atoms with Gasteiger partial charge in [-0.15, -0.1) is 0 Å². The number of aromatic nitrogens is 1. The summed E-state index contributed by atoms with van der Waals surface area (Å²) in [7, 11) is 0. The molecule has 2 rings (SSSR count). The first kappa shape index (κ1) is 11.6. The van der Waals surface area contributed by atoms with Crippen LogP contribution in [0.15, 0.2) is 30.5 Å². The van der Waals surface area contributed by atoms with Gasteiger partial charge in [0.05, 0.1) is 0 Å². The van der Waals surface area contributed by atoms with Crippen molar-refractivity contribution in [3.63, 3.8) is 0 Å². The smallest absolute Gasteiger partial charge is 0.242 e. The fourth-order valence-electron chi connectivity index (χ4n) is 1.80. The summed E-state index contributed by atoms with van der Waals surface area (Å²) in [6, 6.07) is 7.78. The SMILES string of the molecule is C=[N+]([O-])c1cc(C(C)(C)C)cc2cccnc12. The van der Waals surface area contributed by atoms with Crippen molar-refractivity contribution in [3.05, 3.63) is 41.2 Å². The average Bonchev–Trinajstić information content (AvgIpc) is 2.26. The van der Waals surface area contributed by atoms with Crippen molar-refractivity contribution in [3.8, 4) is 0 Å². The zero-order valence-corrected chi connectivity index (χ0v) is 10.4. The first-order chi connectivity index (χ1) is 7.89. The Morgan fingerprint density at radius 3 is 2.59 bits per heavy atom. The van der Waals surface area contributed by atoms with E-state index in [9.17, 15) is 5.21 Å². The van der Waals surface area contributed by atoms with Gasteiger partial charge in [0, 0.05) is 17.6 Å². The molecule has 0 spiro atoms. The normalized spacial score (nSPS) is 11.7. The van der Waals surface area contributed by atoms with Crippen LogP contribution < -0.4 is 0 Å². The van der Waals surface area contributed by atoms with Gasteiger partial charge in [-0.1, -0.05) is 26.8 Å². The molecule has 0 saturated carbocycles. The Morgan fingerprint density at radius 1 is 1.29 bits per heavy atom. The fourth-order valence-corrected chi connectivity index (χ4v) is 1.80. The number of pyridine rings is 1. The number of fused-ring (bicyclic) bond motifs is 1. The lowest BCUT2D eigenvalue weighted by atomic mass is 9.86. The second-order valence-electron chi connectivity index (χ2n) is 5.20. The van der Waals surface area contributed by atoms with Gasteiger partial charge < -0.3 is 5.21 Å². The second-order valence-corrected chi connectivity index (χ2v) is 5.20. The third-order valence-electron chi connectivity index (χ3n) is 2.82. The van der Waals surface area contributed by atoms with E-state index < -0.39 is 0 Å². The molecular weight excluding hydrogens is 212 g/mol. The van der Waals surface area contributed by atoms with Crippen LogP contribution in [0.3, 0.4) is 0 Å². The van der Waals surface area contributed by atoms with E-state index in [-0.39, 0.29) is 5.41 Å². The molecule has 0 aliphatic rings. The van der Waals surface area contributed by atoms with Crippen LogP contribution in [0, 0.1) is 5.21 Å². The maximum atomic E-state index is 11.5. The Morgan fingerprint density at radius 2 is 2.00 bits per heavy atom. The molecule has 0 fully saturated rings. The van der Waals surface area contributed by atoms with E-state index in [1.165, 1.54) is 0 Å². The van der Waals surface area contributed by atoms with Crippen LogP contribution in [-0.4, -0.2) is 16.4 Å². The van der Waals surface area contributed by atoms with Crippen molar-refractivity contribution < 1.29 is 4.74 Å². The average molecular weight is 228 g/mol. The van der Waals surface area contributed by atoms with Gasteiger partial charge in [-0.25, -0.2) is 4.98 Å². The molecule has 1 heterocycles. The van der Waals surface area contributed by atoms with E-state index in [0.29, 0.717) is 15.9 Å². The molecule has 2 aromatic rings. The van der Waals surface area contributed by atoms with E-state index in [4.69, 9.17) is 0 Å². The van der Waals surface area contributed by atoms with Crippen molar-refractivity contribution in [2.24, 2.45) is 0 Å². The molecule has 0 radical (unpaired) electrons. The molecule has 0 unspecified atom stereocenters. The minimum absolute atomic E-state index is 0.00517. The van der Waals surface area contributed by atoms with Gasteiger partial charge in [0.1, 0.15) is 12.2 Å². The Labute approximate surface area is 101 Å². The molecule has 1 aromatic carbocycles. The fraction of sp³-hybridized carbons (Fsp3) is 0.286. The Bertz CT molecular complexity index is 582. The van der Waals surface area contributed by atoms with Gasteiger partial charge in [0.15, 0.2) is 0 Å².